The maximum atomic E-state index is 10.7. The fraction of sp³-hybridized carbons (Fsp3) is 0.167. The second-order valence-electron chi connectivity index (χ2n) is 5.52. The van der Waals surface area contributed by atoms with Gasteiger partial charge in [-0.2, -0.15) is 0 Å². The van der Waals surface area contributed by atoms with E-state index in [1.807, 2.05) is 55.5 Å². The molecule has 0 aliphatic heterocycles. The number of aromatic nitrogens is 1. The van der Waals surface area contributed by atoms with Gasteiger partial charge < -0.3 is 10.2 Å². The highest BCUT2D eigenvalue weighted by Gasteiger charge is 2.34. The van der Waals surface area contributed by atoms with E-state index in [0.29, 0.717) is 5.69 Å². The summed E-state index contributed by atoms with van der Waals surface area (Å²) >= 11 is 1.45. The van der Waals surface area contributed by atoms with Gasteiger partial charge in [-0.15, -0.1) is 11.3 Å². The molecule has 3 nitrogen and oxygen atoms in total. The summed E-state index contributed by atoms with van der Waals surface area (Å²) in [6.45, 7) is 1.95. The summed E-state index contributed by atoms with van der Waals surface area (Å²) in [6.07, 6.45) is -1.49. The lowest BCUT2D eigenvalue weighted by molar-refractivity contribution is 0.172. The first-order valence-corrected chi connectivity index (χ1v) is 8.00. The molecule has 2 unspecified atom stereocenters. The molecule has 1 aliphatic rings. The molecule has 0 radical (unpaired) electrons. The molecule has 0 saturated heterocycles. The molecular formula is C18H15NO2S. The molecule has 1 aliphatic carbocycles. The van der Waals surface area contributed by atoms with Crippen molar-refractivity contribution in [3.05, 3.63) is 75.8 Å². The fourth-order valence-electron chi connectivity index (χ4n) is 3.03. The van der Waals surface area contributed by atoms with Crippen LogP contribution < -0.4 is 0 Å². The van der Waals surface area contributed by atoms with E-state index in [1.54, 1.807) is 0 Å². The van der Waals surface area contributed by atoms with Crippen molar-refractivity contribution < 1.29 is 10.2 Å². The van der Waals surface area contributed by atoms with Crippen LogP contribution in [0.1, 0.15) is 39.5 Å². The molecule has 3 aromatic rings. The summed E-state index contributed by atoms with van der Waals surface area (Å²) in [5.74, 6) is 0. The minimum Gasteiger partial charge on any atom is -0.383 e. The van der Waals surface area contributed by atoms with Crippen LogP contribution in [0.15, 0.2) is 48.5 Å². The molecule has 1 aromatic heterocycles. The molecule has 4 rings (SSSR count). The van der Waals surface area contributed by atoms with E-state index in [0.717, 1.165) is 32.1 Å². The highest BCUT2D eigenvalue weighted by molar-refractivity contribution is 7.15. The molecule has 2 N–H and O–H groups in total. The predicted octanol–water partition coefficient (Wildman–Crippen LogP) is 3.60. The summed E-state index contributed by atoms with van der Waals surface area (Å²) in [5, 5.41) is 22.2. The lowest BCUT2D eigenvalue weighted by Gasteiger charge is -2.26. The summed E-state index contributed by atoms with van der Waals surface area (Å²) in [7, 11) is 0. The number of nitrogens with zero attached hydrogens (tertiary/aromatic N) is 1. The number of aryl methyl sites for hydroxylation is 1. The van der Waals surface area contributed by atoms with Crippen LogP contribution in [-0.4, -0.2) is 15.2 Å². The van der Waals surface area contributed by atoms with E-state index in [-0.39, 0.29) is 0 Å². The van der Waals surface area contributed by atoms with Gasteiger partial charge in [0.15, 0.2) is 0 Å². The van der Waals surface area contributed by atoms with Gasteiger partial charge in [-0.05, 0) is 23.6 Å². The second-order valence-corrected chi connectivity index (χ2v) is 6.55. The van der Waals surface area contributed by atoms with E-state index in [9.17, 15) is 10.2 Å². The van der Waals surface area contributed by atoms with Gasteiger partial charge in [0.2, 0.25) is 0 Å². The first kappa shape index (κ1) is 13.6. The van der Waals surface area contributed by atoms with Gasteiger partial charge >= 0.3 is 0 Å². The topological polar surface area (TPSA) is 53.4 Å². The van der Waals surface area contributed by atoms with Crippen molar-refractivity contribution in [1.29, 1.82) is 0 Å². The Morgan fingerprint density at radius 3 is 2.50 bits per heavy atom. The zero-order chi connectivity index (χ0) is 15.3. The van der Waals surface area contributed by atoms with Crippen LogP contribution in [-0.2, 0) is 0 Å². The van der Waals surface area contributed by atoms with Crippen LogP contribution in [0, 0.1) is 6.92 Å². The quantitative estimate of drug-likeness (QED) is 0.722. The maximum Gasteiger partial charge on any atom is 0.124 e. The van der Waals surface area contributed by atoms with E-state index >= 15 is 0 Å². The van der Waals surface area contributed by atoms with Crippen LogP contribution in [0.2, 0.25) is 0 Å². The molecule has 2 aromatic carbocycles. The van der Waals surface area contributed by atoms with Gasteiger partial charge in [-0.3, -0.25) is 0 Å². The van der Waals surface area contributed by atoms with Crippen LogP contribution >= 0.6 is 11.3 Å². The Hall–Kier alpha value is -2.01. The molecule has 0 amide bonds. The fourth-order valence-corrected chi connectivity index (χ4v) is 4.14. The van der Waals surface area contributed by atoms with E-state index < -0.39 is 12.2 Å². The number of benzene rings is 2. The van der Waals surface area contributed by atoms with Crippen LogP contribution in [0.4, 0.5) is 0 Å². The van der Waals surface area contributed by atoms with Gasteiger partial charge in [0.25, 0.3) is 0 Å². The monoisotopic (exact) mass is 309 g/mol. The van der Waals surface area contributed by atoms with E-state index in [4.69, 9.17) is 0 Å². The minimum atomic E-state index is -0.775. The number of thiazole rings is 1. The molecule has 110 valence electrons. The van der Waals surface area contributed by atoms with E-state index in [2.05, 4.69) is 4.98 Å². The first-order chi connectivity index (χ1) is 10.7. The minimum absolute atomic E-state index is 0.582. The molecule has 4 heteroatoms. The maximum absolute atomic E-state index is 10.7. The normalized spacial score (nSPS) is 19.6. The Morgan fingerprint density at radius 2 is 1.73 bits per heavy atom. The van der Waals surface area contributed by atoms with Crippen molar-refractivity contribution in [2.24, 2.45) is 0 Å². The van der Waals surface area contributed by atoms with Crippen molar-refractivity contribution in [2.45, 2.75) is 19.1 Å². The third-order valence-corrected chi connectivity index (χ3v) is 5.31. The highest BCUT2D eigenvalue weighted by atomic mass is 32.1. The predicted molar refractivity (Wildman–Crippen MR) is 86.9 cm³/mol. The highest BCUT2D eigenvalue weighted by Crippen LogP contribution is 2.46. The van der Waals surface area contributed by atoms with Gasteiger partial charge in [0, 0.05) is 5.56 Å². The molecule has 0 fully saturated rings. The molecule has 0 bridgehead atoms. The van der Waals surface area contributed by atoms with Gasteiger partial charge in [-0.25, -0.2) is 4.98 Å². The number of hydrogen-bond acceptors (Lipinski definition) is 4. The van der Waals surface area contributed by atoms with Crippen molar-refractivity contribution >= 4 is 11.3 Å². The molecule has 22 heavy (non-hydrogen) atoms. The average molecular weight is 309 g/mol. The summed E-state index contributed by atoms with van der Waals surface area (Å²) in [5.41, 5.74) is 4.12. The van der Waals surface area contributed by atoms with Crippen LogP contribution in [0.5, 0.6) is 0 Å². The summed E-state index contributed by atoms with van der Waals surface area (Å²) < 4.78 is 0. The molecule has 0 spiro atoms. The Kier molecular flexibility index (Phi) is 3.11. The molecule has 0 saturated carbocycles. The largest absolute Gasteiger partial charge is 0.383 e. The number of aliphatic hydroxyl groups excluding tert-OH is 2. The van der Waals surface area contributed by atoms with Gasteiger partial charge in [-0.1, -0.05) is 48.5 Å². The first-order valence-electron chi connectivity index (χ1n) is 7.18. The Balaban J connectivity index is 1.89. The number of hydrogen-bond donors (Lipinski definition) is 2. The molecule has 2 atom stereocenters. The van der Waals surface area contributed by atoms with Crippen LogP contribution in [0.3, 0.4) is 0 Å². The third kappa shape index (κ3) is 1.92. The lowest BCUT2D eigenvalue weighted by atomic mass is 9.86. The van der Waals surface area contributed by atoms with Crippen molar-refractivity contribution in [3.8, 4) is 10.6 Å². The third-order valence-electron chi connectivity index (χ3n) is 4.14. The number of aliphatic hydroxyl groups is 2. The van der Waals surface area contributed by atoms with Crippen molar-refractivity contribution in [2.75, 3.05) is 0 Å². The average Bonchev–Trinajstić information content (AvgIpc) is 2.99. The summed E-state index contributed by atoms with van der Waals surface area (Å²) in [6, 6.07) is 15.6. The SMILES string of the molecule is Cc1cccc2c1C(O)c1nc(-c3ccccc3)sc1C2O. The molecular weight excluding hydrogens is 294 g/mol. The van der Waals surface area contributed by atoms with Gasteiger partial charge in [0.1, 0.15) is 17.2 Å². The second kappa shape index (κ2) is 5.02. The van der Waals surface area contributed by atoms with Crippen molar-refractivity contribution in [3.63, 3.8) is 0 Å². The van der Waals surface area contributed by atoms with Crippen molar-refractivity contribution in [1.82, 2.24) is 4.98 Å². The Morgan fingerprint density at radius 1 is 0.955 bits per heavy atom. The zero-order valence-electron chi connectivity index (χ0n) is 12.0. The standard InChI is InChI=1S/C18H15NO2S/c1-10-6-5-9-12-13(10)16(21)14-17(15(12)20)22-18(19-14)11-7-3-2-4-8-11/h2-9,15-16,20-21H,1H3. The summed E-state index contributed by atoms with van der Waals surface area (Å²) in [4.78, 5) is 5.34. The molecule has 1 heterocycles. The van der Waals surface area contributed by atoms with Crippen LogP contribution in [0.25, 0.3) is 10.6 Å². The lowest BCUT2D eigenvalue weighted by Crippen LogP contribution is -2.17. The number of fused-ring (bicyclic) bond motifs is 2. The smallest absolute Gasteiger partial charge is 0.124 e. The zero-order valence-corrected chi connectivity index (χ0v) is 12.8. The van der Waals surface area contributed by atoms with E-state index in [1.165, 1.54) is 11.3 Å². The Bertz CT molecular complexity index is 842. The number of rotatable bonds is 1. The Labute approximate surface area is 132 Å². The van der Waals surface area contributed by atoms with Gasteiger partial charge in [0.05, 0.1) is 10.6 Å².